The first-order chi connectivity index (χ1) is 12.7. The maximum absolute atomic E-state index is 10.6. The summed E-state index contributed by atoms with van der Waals surface area (Å²) in [7, 11) is 0. The van der Waals surface area contributed by atoms with Crippen molar-refractivity contribution in [2.75, 3.05) is 36.0 Å². The molecular formula is C20H25ClN4O. The van der Waals surface area contributed by atoms with Crippen molar-refractivity contribution in [1.82, 2.24) is 9.97 Å². The van der Waals surface area contributed by atoms with Crippen LogP contribution in [0.5, 0.6) is 0 Å². The molecule has 0 aliphatic carbocycles. The highest BCUT2D eigenvalue weighted by molar-refractivity contribution is 6.30. The molecule has 26 heavy (non-hydrogen) atoms. The van der Waals surface area contributed by atoms with Crippen LogP contribution in [0.2, 0.25) is 5.02 Å². The van der Waals surface area contributed by atoms with Gasteiger partial charge >= 0.3 is 0 Å². The molecule has 6 heteroatoms. The van der Waals surface area contributed by atoms with Crippen LogP contribution in [0, 0.1) is 0 Å². The molecule has 4 rings (SSSR count). The van der Waals surface area contributed by atoms with Gasteiger partial charge in [-0.25, -0.2) is 4.98 Å². The molecule has 2 aromatic rings. The Balaban J connectivity index is 1.59. The normalized spacial score (nSPS) is 18.5. The third-order valence-corrected chi connectivity index (χ3v) is 5.48. The van der Waals surface area contributed by atoms with Crippen LogP contribution >= 0.6 is 11.6 Å². The molecule has 2 fully saturated rings. The van der Waals surface area contributed by atoms with Crippen LogP contribution in [0.25, 0.3) is 0 Å². The number of halogens is 1. The number of nitrogens with zero attached hydrogens (tertiary/aromatic N) is 4. The lowest BCUT2D eigenvalue weighted by atomic mass is 10.0. The van der Waals surface area contributed by atoms with Gasteiger partial charge < -0.3 is 14.9 Å². The van der Waals surface area contributed by atoms with E-state index in [-0.39, 0.29) is 0 Å². The lowest BCUT2D eigenvalue weighted by Gasteiger charge is -2.22. The van der Waals surface area contributed by atoms with Gasteiger partial charge in [-0.05, 0) is 43.4 Å². The van der Waals surface area contributed by atoms with Gasteiger partial charge in [0.15, 0.2) is 0 Å². The van der Waals surface area contributed by atoms with E-state index in [0.717, 1.165) is 49.2 Å². The summed E-state index contributed by atoms with van der Waals surface area (Å²) in [5, 5.41) is 11.3. The van der Waals surface area contributed by atoms with Gasteiger partial charge in [-0.3, -0.25) is 0 Å². The first-order valence-electron chi connectivity index (χ1n) is 9.50. The van der Waals surface area contributed by atoms with E-state index in [0.29, 0.717) is 11.4 Å². The van der Waals surface area contributed by atoms with Gasteiger partial charge in [0.25, 0.3) is 0 Å². The molecule has 1 aromatic heterocycles. The van der Waals surface area contributed by atoms with Crippen molar-refractivity contribution in [3.8, 4) is 0 Å². The zero-order valence-corrected chi connectivity index (χ0v) is 15.7. The second kappa shape index (κ2) is 7.80. The molecule has 1 atom stereocenters. The number of aromatic nitrogens is 2. The fraction of sp³-hybridized carbons (Fsp3) is 0.500. The molecule has 2 saturated heterocycles. The maximum Gasteiger partial charge on any atom is 0.227 e. The van der Waals surface area contributed by atoms with Crippen LogP contribution in [0.4, 0.5) is 11.8 Å². The fourth-order valence-electron chi connectivity index (χ4n) is 3.74. The Morgan fingerprint density at radius 2 is 1.54 bits per heavy atom. The van der Waals surface area contributed by atoms with Gasteiger partial charge in [-0.2, -0.15) is 4.98 Å². The predicted molar refractivity (Wildman–Crippen MR) is 105 cm³/mol. The summed E-state index contributed by atoms with van der Waals surface area (Å²) in [6.45, 7) is 4.14. The number of aliphatic hydroxyl groups excluding tert-OH is 1. The Bertz CT molecular complexity index is 706. The van der Waals surface area contributed by atoms with E-state index < -0.39 is 6.10 Å². The molecule has 0 amide bonds. The first kappa shape index (κ1) is 17.6. The predicted octanol–water partition coefficient (Wildman–Crippen LogP) is 3.61. The van der Waals surface area contributed by atoms with Crippen LogP contribution < -0.4 is 9.80 Å². The molecule has 1 unspecified atom stereocenters. The number of anilines is 2. The molecule has 0 saturated carbocycles. The standard InChI is InChI=1S/C20H25ClN4O/c21-16-7-5-15(6-8-16)18(26)13-17-14-19(24-9-1-2-10-24)23-20(22-17)25-11-3-4-12-25/h5-8,14,18,26H,1-4,9-13H2. The van der Waals surface area contributed by atoms with Gasteiger partial charge in [0.2, 0.25) is 5.95 Å². The van der Waals surface area contributed by atoms with E-state index in [2.05, 4.69) is 9.80 Å². The lowest BCUT2D eigenvalue weighted by molar-refractivity contribution is 0.177. The summed E-state index contributed by atoms with van der Waals surface area (Å²) in [6, 6.07) is 9.41. The molecule has 1 N–H and O–H groups in total. The molecule has 0 bridgehead atoms. The van der Waals surface area contributed by atoms with Gasteiger partial charge in [0.05, 0.1) is 11.8 Å². The van der Waals surface area contributed by atoms with Crippen molar-refractivity contribution in [3.63, 3.8) is 0 Å². The number of rotatable bonds is 5. The molecule has 1 aromatic carbocycles. The number of hydrogen-bond acceptors (Lipinski definition) is 5. The molecule has 2 aliphatic heterocycles. The fourth-order valence-corrected chi connectivity index (χ4v) is 3.87. The molecule has 5 nitrogen and oxygen atoms in total. The Morgan fingerprint density at radius 3 is 2.19 bits per heavy atom. The minimum Gasteiger partial charge on any atom is -0.388 e. The van der Waals surface area contributed by atoms with Gasteiger partial charge in [0.1, 0.15) is 5.82 Å². The summed E-state index contributed by atoms with van der Waals surface area (Å²) < 4.78 is 0. The highest BCUT2D eigenvalue weighted by atomic mass is 35.5. The van der Waals surface area contributed by atoms with Crippen LogP contribution in [0.1, 0.15) is 43.0 Å². The Labute approximate surface area is 159 Å². The Morgan fingerprint density at radius 1 is 0.923 bits per heavy atom. The van der Waals surface area contributed by atoms with Crippen molar-refractivity contribution in [3.05, 3.63) is 46.6 Å². The molecule has 3 heterocycles. The van der Waals surface area contributed by atoms with Gasteiger partial charge in [-0.1, -0.05) is 23.7 Å². The lowest BCUT2D eigenvalue weighted by Crippen LogP contribution is -2.25. The Hall–Kier alpha value is -1.85. The van der Waals surface area contributed by atoms with E-state index in [1.54, 1.807) is 0 Å². The molecular weight excluding hydrogens is 348 g/mol. The minimum absolute atomic E-state index is 0.478. The summed E-state index contributed by atoms with van der Waals surface area (Å²) in [6.07, 6.45) is 4.70. The largest absolute Gasteiger partial charge is 0.388 e. The van der Waals surface area contributed by atoms with Gasteiger partial charge in [0, 0.05) is 43.7 Å². The summed E-state index contributed by atoms with van der Waals surface area (Å²) in [5.41, 5.74) is 1.75. The summed E-state index contributed by atoms with van der Waals surface area (Å²) >= 11 is 5.95. The van der Waals surface area contributed by atoms with Crippen LogP contribution in [0.15, 0.2) is 30.3 Å². The van der Waals surface area contributed by atoms with Crippen molar-refractivity contribution in [2.24, 2.45) is 0 Å². The zero-order valence-electron chi connectivity index (χ0n) is 14.9. The molecule has 2 aliphatic rings. The van der Waals surface area contributed by atoms with E-state index >= 15 is 0 Å². The minimum atomic E-state index is -0.597. The first-order valence-corrected chi connectivity index (χ1v) is 9.88. The third-order valence-electron chi connectivity index (χ3n) is 5.23. The topological polar surface area (TPSA) is 52.5 Å². The average Bonchev–Trinajstić information content (AvgIpc) is 3.36. The second-order valence-corrected chi connectivity index (χ2v) is 7.61. The van der Waals surface area contributed by atoms with E-state index in [1.165, 1.54) is 25.7 Å². The van der Waals surface area contributed by atoms with E-state index in [1.807, 2.05) is 30.3 Å². The third kappa shape index (κ3) is 3.94. The maximum atomic E-state index is 10.6. The second-order valence-electron chi connectivity index (χ2n) is 7.18. The van der Waals surface area contributed by atoms with Crippen LogP contribution in [-0.2, 0) is 6.42 Å². The average molecular weight is 373 g/mol. The highest BCUT2D eigenvalue weighted by Gasteiger charge is 2.21. The van der Waals surface area contributed by atoms with Crippen molar-refractivity contribution < 1.29 is 5.11 Å². The van der Waals surface area contributed by atoms with Crippen LogP contribution in [-0.4, -0.2) is 41.3 Å². The van der Waals surface area contributed by atoms with Crippen molar-refractivity contribution >= 4 is 23.4 Å². The SMILES string of the molecule is OC(Cc1cc(N2CCCC2)nc(N2CCCC2)n1)c1ccc(Cl)cc1. The molecule has 138 valence electrons. The number of aliphatic hydroxyl groups is 1. The molecule has 0 radical (unpaired) electrons. The van der Waals surface area contributed by atoms with Gasteiger partial charge in [-0.15, -0.1) is 0 Å². The summed E-state index contributed by atoms with van der Waals surface area (Å²) in [4.78, 5) is 14.2. The van der Waals surface area contributed by atoms with Crippen molar-refractivity contribution in [1.29, 1.82) is 0 Å². The van der Waals surface area contributed by atoms with Crippen LogP contribution in [0.3, 0.4) is 0 Å². The number of hydrogen-bond donors (Lipinski definition) is 1. The molecule has 0 spiro atoms. The van der Waals surface area contributed by atoms with E-state index in [4.69, 9.17) is 21.6 Å². The number of benzene rings is 1. The Kier molecular flexibility index (Phi) is 5.27. The smallest absolute Gasteiger partial charge is 0.227 e. The summed E-state index contributed by atoms with van der Waals surface area (Å²) in [5.74, 6) is 1.81. The van der Waals surface area contributed by atoms with E-state index in [9.17, 15) is 5.11 Å². The monoisotopic (exact) mass is 372 g/mol. The quantitative estimate of drug-likeness (QED) is 0.868. The zero-order chi connectivity index (χ0) is 17.9. The van der Waals surface area contributed by atoms with Crippen molar-refractivity contribution in [2.45, 2.75) is 38.2 Å². The highest BCUT2D eigenvalue weighted by Crippen LogP contribution is 2.26.